The summed E-state index contributed by atoms with van der Waals surface area (Å²) in [4.78, 5) is 29.1. The molecule has 1 aromatic heterocycles. The second-order valence-electron chi connectivity index (χ2n) is 10.4. The Bertz CT molecular complexity index is 1400. The van der Waals surface area contributed by atoms with Gasteiger partial charge in [0, 0.05) is 23.1 Å². The van der Waals surface area contributed by atoms with E-state index in [1.54, 1.807) is 36.4 Å². The summed E-state index contributed by atoms with van der Waals surface area (Å²) in [7, 11) is 0. The Morgan fingerprint density at radius 3 is 2.18 bits per heavy atom. The summed E-state index contributed by atoms with van der Waals surface area (Å²) in [6.45, 7) is 8.98. The molecule has 8 nitrogen and oxygen atoms in total. The lowest BCUT2D eigenvalue weighted by Crippen LogP contribution is -2.42. The van der Waals surface area contributed by atoms with Gasteiger partial charge in [-0.25, -0.2) is 4.79 Å². The first kappa shape index (κ1) is 27.6. The van der Waals surface area contributed by atoms with Crippen LogP contribution in [0.4, 0.5) is 0 Å². The molecule has 0 saturated carbocycles. The van der Waals surface area contributed by atoms with E-state index in [4.69, 9.17) is 9.26 Å². The monoisotopic (exact) mass is 527 g/mol. The highest BCUT2D eigenvalue weighted by atomic mass is 16.5. The van der Waals surface area contributed by atoms with E-state index in [2.05, 4.69) is 43.2 Å². The lowest BCUT2D eigenvalue weighted by Gasteiger charge is -2.19. The molecule has 0 aliphatic carbocycles. The van der Waals surface area contributed by atoms with E-state index in [-0.39, 0.29) is 11.8 Å². The molecule has 8 heteroatoms. The number of carboxylic acid groups (broad SMARTS) is 1. The van der Waals surface area contributed by atoms with Gasteiger partial charge in [-0.05, 0) is 59.4 Å². The minimum atomic E-state index is -1.10. The normalized spacial score (nSPS) is 12.1. The predicted octanol–water partition coefficient (Wildman–Crippen LogP) is 5.92. The molecule has 0 unspecified atom stereocenters. The molecule has 0 radical (unpaired) electrons. The van der Waals surface area contributed by atoms with Crippen LogP contribution in [0.15, 0.2) is 77.3 Å². The van der Waals surface area contributed by atoms with Crippen molar-refractivity contribution in [2.45, 2.75) is 52.0 Å². The van der Waals surface area contributed by atoms with Crippen LogP contribution >= 0.6 is 0 Å². The third-order valence-corrected chi connectivity index (χ3v) is 6.27. The summed E-state index contributed by atoms with van der Waals surface area (Å²) in [6.07, 6.45) is 1.07. The van der Waals surface area contributed by atoms with Gasteiger partial charge in [-0.15, -0.1) is 0 Å². The Kier molecular flexibility index (Phi) is 8.44. The number of carbonyl (C=O) groups excluding carboxylic acids is 1. The number of aromatic nitrogens is 2. The fraction of sp³-hybridized carbons (Fsp3) is 0.290. The Hall–Kier alpha value is -4.46. The number of nitrogens with one attached hydrogen (secondary N) is 1. The molecule has 1 atom stereocenters. The second kappa shape index (κ2) is 11.9. The van der Waals surface area contributed by atoms with E-state index < -0.39 is 17.9 Å². The van der Waals surface area contributed by atoms with Crippen LogP contribution in [-0.4, -0.2) is 39.8 Å². The summed E-state index contributed by atoms with van der Waals surface area (Å²) < 4.78 is 11.0. The fourth-order valence-corrected chi connectivity index (χ4v) is 3.96. The summed E-state index contributed by atoms with van der Waals surface area (Å²) in [5.74, 6) is 0.0617. The molecular formula is C31H33N3O5. The van der Waals surface area contributed by atoms with Crippen molar-refractivity contribution in [1.29, 1.82) is 0 Å². The van der Waals surface area contributed by atoms with E-state index in [9.17, 15) is 14.7 Å². The molecule has 3 aromatic carbocycles. The van der Waals surface area contributed by atoms with Gasteiger partial charge in [-0.1, -0.05) is 69.2 Å². The minimum Gasteiger partial charge on any atom is -0.494 e. The highest BCUT2D eigenvalue weighted by Crippen LogP contribution is 2.25. The average Bonchev–Trinajstić information content (AvgIpc) is 3.42. The predicted molar refractivity (Wildman–Crippen MR) is 149 cm³/mol. The van der Waals surface area contributed by atoms with Crippen molar-refractivity contribution in [2.75, 3.05) is 6.61 Å². The SMILES string of the molecule is CCCOc1ccc(-c2nc(-c3ccc(C[C@H](NC(=O)c4ccc(C(C)(C)C)cc4)C(=O)O)cc3)no2)cc1. The Morgan fingerprint density at radius 2 is 1.59 bits per heavy atom. The van der Waals surface area contributed by atoms with E-state index in [0.717, 1.165) is 34.4 Å². The molecule has 39 heavy (non-hydrogen) atoms. The number of nitrogens with zero attached hydrogens (tertiary/aromatic N) is 2. The second-order valence-corrected chi connectivity index (χ2v) is 10.4. The Balaban J connectivity index is 1.40. The Labute approximate surface area is 228 Å². The molecule has 4 aromatic rings. The molecule has 0 fully saturated rings. The van der Waals surface area contributed by atoms with Crippen LogP contribution in [0.3, 0.4) is 0 Å². The summed E-state index contributed by atoms with van der Waals surface area (Å²) >= 11 is 0. The van der Waals surface area contributed by atoms with Crippen molar-refractivity contribution in [3.05, 3.63) is 89.5 Å². The van der Waals surface area contributed by atoms with Crippen LogP contribution < -0.4 is 10.1 Å². The molecule has 4 rings (SSSR count). The molecule has 2 N–H and O–H groups in total. The number of rotatable bonds is 10. The van der Waals surface area contributed by atoms with Crippen molar-refractivity contribution >= 4 is 11.9 Å². The molecule has 0 aliphatic heterocycles. The third-order valence-electron chi connectivity index (χ3n) is 6.27. The maximum atomic E-state index is 12.7. The number of carbonyl (C=O) groups is 2. The number of ether oxygens (including phenoxy) is 1. The quantitative estimate of drug-likeness (QED) is 0.263. The van der Waals surface area contributed by atoms with Gasteiger partial charge in [-0.3, -0.25) is 4.79 Å². The molecule has 1 heterocycles. The molecular weight excluding hydrogens is 494 g/mol. The first-order valence-electron chi connectivity index (χ1n) is 12.9. The standard InChI is InChI=1S/C31H33N3O5/c1-5-18-38-25-16-12-23(13-17-25)29-33-27(34-39-29)21-8-6-20(7-9-21)19-26(30(36)37)32-28(35)22-10-14-24(15-11-22)31(2,3)4/h6-17,26H,5,18-19H2,1-4H3,(H,32,35)(H,36,37)/t26-/m0/s1. The lowest BCUT2D eigenvalue weighted by molar-refractivity contribution is -0.139. The number of benzene rings is 3. The van der Waals surface area contributed by atoms with Gasteiger partial charge in [-0.2, -0.15) is 4.98 Å². The number of aliphatic carboxylic acids is 1. The highest BCUT2D eigenvalue weighted by Gasteiger charge is 2.22. The first-order valence-corrected chi connectivity index (χ1v) is 12.9. The first-order chi connectivity index (χ1) is 18.6. The molecule has 0 saturated heterocycles. The largest absolute Gasteiger partial charge is 0.494 e. The van der Waals surface area contributed by atoms with E-state index in [0.29, 0.717) is 23.9 Å². The number of hydrogen-bond donors (Lipinski definition) is 2. The van der Waals surface area contributed by atoms with Crippen LogP contribution in [0.5, 0.6) is 5.75 Å². The van der Waals surface area contributed by atoms with Crippen molar-refractivity contribution in [1.82, 2.24) is 15.5 Å². The van der Waals surface area contributed by atoms with Gasteiger partial charge in [0.15, 0.2) is 0 Å². The van der Waals surface area contributed by atoms with E-state index in [1.807, 2.05) is 36.4 Å². The number of carboxylic acids is 1. The zero-order chi connectivity index (χ0) is 28.0. The van der Waals surface area contributed by atoms with Crippen LogP contribution in [-0.2, 0) is 16.6 Å². The lowest BCUT2D eigenvalue weighted by atomic mass is 9.86. The molecule has 1 amide bonds. The van der Waals surface area contributed by atoms with Crippen molar-refractivity contribution < 1.29 is 24.0 Å². The number of amides is 1. The molecule has 0 aliphatic rings. The fourth-order valence-electron chi connectivity index (χ4n) is 3.96. The van der Waals surface area contributed by atoms with Gasteiger partial charge in [0.05, 0.1) is 6.61 Å². The van der Waals surface area contributed by atoms with Crippen LogP contribution in [0, 0.1) is 0 Å². The van der Waals surface area contributed by atoms with Crippen LogP contribution in [0.25, 0.3) is 22.8 Å². The van der Waals surface area contributed by atoms with Crippen LogP contribution in [0.1, 0.15) is 55.6 Å². The topological polar surface area (TPSA) is 115 Å². The number of hydrogen-bond acceptors (Lipinski definition) is 6. The molecule has 0 bridgehead atoms. The zero-order valence-corrected chi connectivity index (χ0v) is 22.6. The summed E-state index contributed by atoms with van der Waals surface area (Å²) in [5.41, 5.74) is 3.73. The van der Waals surface area contributed by atoms with Crippen molar-refractivity contribution in [3.8, 4) is 28.6 Å². The van der Waals surface area contributed by atoms with Gasteiger partial charge in [0.25, 0.3) is 11.8 Å². The summed E-state index contributed by atoms with van der Waals surface area (Å²) in [6, 6.07) is 20.8. The Morgan fingerprint density at radius 1 is 0.949 bits per heavy atom. The highest BCUT2D eigenvalue weighted by molar-refractivity contribution is 5.96. The summed E-state index contributed by atoms with van der Waals surface area (Å²) in [5, 5.41) is 16.4. The zero-order valence-electron chi connectivity index (χ0n) is 22.6. The minimum absolute atomic E-state index is 0.0389. The van der Waals surface area contributed by atoms with Gasteiger partial charge < -0.3 is 19.7 Å². The van der Waals surface area contributed by atoms with Crippen LogP contribution in [0.2, 0.25) is 0 Å². The third kappa shape index (κ3) is 7.10. The maximum Gasteiger partial charge on any atom is 0.326 e. The average molecular weight is 528 g/mol. The molecule has 0 spiro atoms. The maximum absolute atomic E-state index is 12.7. The van der Waals surface area contributed by atoms with Crippen molar-refractivity contribution in [3.63, 3.8) is 0 Å². The van der Waals surface area contributed by atoms with E-state index >= 15 is 0 Å². The van der Waals surface area contributed by atoms with E-state index in [1.165, 1.54) is 0 Å². The van der Waals surface area contributed by atoms with Crippen molar-refractivity contribution in [2.24, 2.45) is 0 Å². The van der Waals surface area contributed by atoms with Gasteiger partial charge >= 0.3 is 5.97 Å². The smallest absolute Gasteiger partial charge is 0.326 e. The molecule has 202 valence electrons. The van der Waals surface area contributed by atoms with Gasteiger partial charge in [0.1, 0.15) is 11.8 Å². The van der Waals surface area contributed by atoms with Gasteiger partial charge in [0.2, 0.25) is 5.82 Å².